The maximum Gasteiger partial charge on any atom is 0.185 e. The van der Waals surface area contributed by atoms with Crippen molar-refractivity contribution in [3.8, 4) is 0 Å². The van der Waals surface area contributed by atoms with Crippen LogP contribution in [0.3, 0.4) is 0 Å². The normalized spacial score (nSPS) is 15.3. The summed E-state index contributed by atoms with van der Waals surface area (Å²) in [5, 5.41) is 3.26. The van der Waals surface area contributed by atoms with Gasteiger partial charge in [0.15, 0.2) is 10.9 Å². The van der Waals surface area contributed by atoms with E-state index in [-0.39, 0.29) is 11.7 Å². The van der Waals surface area contributed by atoms with E-state index in [1.807, 2.05) is 24.3 Å². The summed E-state index contributed by atoms with van der Waals surface area (Å²) in [5.41, 5.74) is 5.35. The number of hydrogen-bond acceptors (Lipinski definition) is 4. The highest BCUT2D eigenvalue weighted by Crippen LogP contribution is 2.33. The van der Waals surface area contributed by atoms with Crippen LogP contribution in [-0.2, 0) is 6.42 Å². The number of ketones is 1. The SMILES string of the molecule is Cc1ccc(C(=O)C(Cc2csc(N3CCCCC3)n2)c2ccccc2C(C)C)cc1. The summed E-state index contributed by atoms with van der Waals surface area (Å²) in [7, 11) is 0. The molecular formula is C27H32N2OS. The molecule has 0 spiro atoms. The topological polar surface area (TPSA) is 33.2 Å². The van der Waals surface area contributed by atoms with Gasteiger partial charge in [-0.2, -0.15) is 0 Å². The lowest BCUT2D eigenvalue weighted by Gasteiger charge is -2.26. The van der Waals surface area contributed by atoms with Crippen LogP contribution in [-0.4, -0.2) is 23.9 Å². The van der Waals surface area contributed by atoms with E-state index in [0.717, 1.165) is 35.0 Å². The van der Waals surface area contributed by atoms with Gasteiger partial charge in [-0.05, 0) is 43.2 Å². The summed E-state index contributed by atoms with van der Waals surface area (Å²) in [5.74, 6) is 0.321. The fraction of sp³-hybridized carbons (Fsp3) is 0.407. The molecule has 0 aliphatic carbocycles. The Hall–Kier alpha value is -2.46. The van der Waals surface area contributed by atoms with Gasteiger partial charge in [0.25, 0.3) is 0 Å². The van der Waals surface area contributed by atoms with Crippen LogP contribution in [0.4, 0.5) is 5.13 Å². The van der Waals surface area contributed by atoms with Crippen molar-refractivity contribution in [2.75, 3.05) is 18.0 Å². The fourth-order valence-corrected chi connectivity index (χ4v) is 5.34. The number of aromatic nitrogens is 1. The zero-order valence-corrected chi connectivity index (χ0v) is 19.6. The van der Waals surface area contributed by atoms with Gasteiger partial charge < -0.3 is 4.90 Å². The molecule has 1 aliphatic heterocycles. The Bertz CT molecular complexity index is 1020. The molecule has 2 aromatic carbocycles. The van der Waals surface area contributed by atoms with Crippen molar-refractivity contribution >= 4 is 22.3 Å². The molecule has 1 unspecified atom stereocenters. The zero-order chi connectivity index (χ0) is 21.8. The molecule has 1 fully saturated rings. The predicted octanol–water partition coefficient (Wildman–Crippen LogP) is 6.77. The first-order valence-corrected chi connectivity index (χ1v) is 12.3. The number of Topliss-reactive ketones (excluding diaryl/α,β-unsaturated/α-hetero) is 1. The lowest BCUT2D eigenvalue weighted by Crippen LogP contribution is -2.29. The molecule has 0 radical (unpaired) electrons. The first-order chi connectivity index (χ1) is 15.0. The van der Waals surface area contributed by atoms with E-state index < -0.39 is 0 Å². The van der Waals surface area contributed by atoms with Gasteiger partial charge in [0.2, 0.25) is 0 Å². The van der Waals surface area contributed by atoms with Gasteiger partial charge in [0, 0.05) is 30.5 Å². The Kier molecular flexibility index (Phi) is 6.86. The molecule has 4 rings (SSSR count). The summed E-state index contributed by atoms with van der Waals surface area (Å²) in [6.07, 6.45) is 4.44. The van der Waals surface area contributed by atoms with Crippen LogP contribution in [0.1, 0.15) is 77.7 Å². The van der Waals surface area contributed by atoms with Crippen LogP contribution in [0.15, 0.2) is 53.9 Å². The second-order valence-corrected chi connectivity index (χ2v) is 9.78. The summed E-state index contributed by atoms with van der Waals surface area (Å²) in [6.45, 7) is 8.63. The van der Waals surface area contributed by atoms with E-state index in [4.69, 9.17) is 4.98 Å². The van der Waals surface area contributed by atoms with Gasteiger partial charge in [-0.3, -0.25) is 4.79 Å². The van der Waals surface area contributed by atoms with Crippen LogP contribution in [0.2, 0.25) is 0 Å². The minimum absolute atomic E-state index is 0.181. The third-order valence-corrected chi connectivity index (χ3v) is 7.18. The average molecular weight is 433 g/mol. The number of aryl methyl sites for hydroxylation is 1. The standard InChI is InChI=1S/C27H32N2OS/c1-19(2)23-9-5-6-10-24(23)25(26(30)21-13-11-20(3)12-14-21)17-22-18-31-27(28-22)29-15-7-4-8-16-29/h5-6,9-14,18-19,25H,4,7-8,15-17H2,1-3H3. The minimum atomic E-state index is -0.224. The molecule has 0 N–H and O–H groups in total. The zero-order valence-electron chi connectivity index (χ0n) is 18.8. The summed E-state index contributed by atoms with van der Waals surface area (Å²) < 4.78 is 0. The number of hydrogen-bond donors (Lipinski definition) is 0. The van der Waals surface area contributed by atoms with Crippen molar-refractivity contribution in [2.24, 2.45) is 0 Å². The van der Waals surface area contributed by atoms with Crippen LogP contribution >= 0.6 is 11.3 Å². The molecular weight excluding hydrogens is 400 g/mol. The lowest BCUT2D eigenvalue weighted by atomic mass is 9.82. The third-order valence-electron chi connectivity index (χ3n) is 6.23. The largest absolute Gasteiger partial charge is 0.348 e. The van der Waals surface area contributed by atoms with Gasteiger partial charge in [0.1, 0.15) is 0 Å². The molecule has 31 heavy (non-hydrogen) atoms. The van der Waals surface area contributed by atoms with Gasteiger partial charge in [-0.25, -0.2) is 4.98 Å². The van der Waals surface area contributed by atoms with E-state index in [0.29, 0.717) is 12.3 Å². The number of carbonyl (C=O) groups excluding carboxylic acids is 1. The van der Waals surface area contributed by atoms with Crippen LogP contribution < -0.4 is 4.90 Å². The second-order valence-electron chi connectivity index (χ2n) is 8.94. The average Bonchev–Trinajstić information content (AvgIpc) is 3.27. The molecule has 3 aromatic rings. The van der Waals surface area contributed by atoms with Gasteiger partial charge in [-0.15, -0.1) is 11.3 Å². The number of thiazole rings is 1. The first kappa shape index (κ1) is 21.8. The van der Waals surface area contributed by atoms with Crippen molar-refractivity contribution < 1.29 is 4.79 Å². The highest BCUT2D eigenvalue weighted by Gasteiger charge is 2.27. The Morgan fingerprint density at radius 3 is 2.35 bits per heavy atom. The Morgan fingerprint density at radius 2 is 1.68 bits per heavy atom. The maximum atomic E-state index is 13.7. The molecule has 2 heterocycles. The van der Waals surface area contributed by atoms with Crippen LogP contribution in [0, 0.1) is 6.92 Å². The van der Waals surface area contributed by atoms with Crippen molar-refractivity contribution in [1.29, 1.82) is 0 Å². The quantitative estimate of drug-likeness (QED) is 0.386. The van der Waals surface area contributed by atoms with Gasteiger partial charge in [0.05, 0.1) is 11.6 Å². The van der Waals surface area contributed by atoms with Crippen LogP contribution in [0.25, 0.3) is 0 Å². The molecule has 1 aliphatic rings. The fourth-order valence-electron chi connectivity index (χ4n) is 4.45. The number of nitrogens with zero attached hydrogens (tertiary/aromatic N) is 2. The smallest absolute Gasteiger partial charge is 0.185 e. The van der Waals surface area contributed by atoms with Crippen LogP contribution in [0.5, 0.6) is 0 Å². The van der Waals surface area contributed by atoms with Gasteiger partial charge in [-0.1, -0.05) is 67.9 Å². The molecule has 0 bridgehead atoms. The lowest BCUT2D eigenvalue weighted by molar-refractivity contribution is 0.0958. The Morgan fingerprint density at radius 1 is 1.00 bits per heavy atom. The summed E-state index contributed by atoms with van der Waals surface area (Å²) >= 11 is 1.72. The molecule has 0 saturated carbocycles. The van der Waals surface area contributed by atoms with Crippen molar-refractivity contribution in [3.05, 3.63) is 81.9 Å². The second kappa shape index (κ2) is 9.78. The number of piperidine rings is 1. The number of carbonyl (C=O) groups is 1. The monoisotopic (exact) mass is 432 g/mol. The highest BCUT2D eigenvalue weighted by molar-refractivity contribution is 7.13. The maximum absolute atomic E-state index is 13.7. The van der Waals surface area contributed by atoms with Crippen molar-refractivity contribution in [1.82, 2.24) is 4.98 Å². The number of rotatable bonds is 7. The predicted molar refractivity (Wildman–Crippen MR) is 131 cm³/mol. The van der Waals surface area contributed by atoms with E-state index in [9.17, 15) is 4.79 Å². The first-order valence-electron chi connectivity index (χ1n) is 11.4. The molecule has 3 nitrogen and oxygen atoms in total. The summed E-state index contributed by atoms with van der Waals surface area (Å²) in [6, 6.07) is 16.4. The molecule has 162 valence electrons. The van der Waals surface area contributed by atoms with E-state index in [1.54, 1.807) is 11.3 Å². The molecule has 1 saturated heterocycles. The number of benzene rings is 2. The number of anilines is 1. The highest BCUT2D eigenvalue weighted by atomic mass is 32.1. The Labute approximate surface area is 190 Å². The summed E-state index contributed by atoms with van der Waals surface area (Å²) in [4.78, 5) is 21.1. The molecule has 0 amide bonds. The molecule has 1 aromatic heterocycles. The Balaban J connectivity index is 1.67. The van der Waals surface area contributed by atoms with Crippen molar-refractivity contribution in [3.63, 3.8) is 0 Å². The van der Waals surface area contributed by atoms with E-state index in [1.165, 1.54) is 30.4 Å². The third kappa shape index (κ3) is 5.07. The molecule has 1 atom stereocenters. The van der Waals surface area contributed by atoms with E-state index in [2.05, 4.69) is 55.3 Å². The van der Waals surface area contributed by atoms with E-state index >= 15 is 0 Å². The van der Waals surface area contributed by atoms with Crippen molar-refractivity contribution in [2.45, 2.75) is 58.3 Å². The minimum Gasteiger partial charge on any atom is -0.348 e. The van der Waals surface area contributed by atoms with Gasteiger partial charge >= 0.3 is 0 Å². The molecule has 4 heteroatoms.